The molecule has 2 aromatic rings. The van der Waals surface area contributed by atoms with Crippen LogP contribution in [-0.4, -0.2) is 14.8 Å². The van der Waals surface area contributed by atoms with E-state index in [1.165, 1.54) is 6.07 Å². The Hall–Kier alpha value is -2.27. The number of benzene rings is 2. The number of hydrogen-bond acceptors (Lipinski definition) is 3. The number of nitrogens with one attached hydrogen (secondary N) is 1. The molecule has 11 heteroatoms. The lowest BCUT2D eigenvalue weighted by Crippen LogP contribution is -2.23. The second kappa shape index (κ2) is 7.16. The van der Waals surface area contributed by atoms with Gasteiger partial charge in [0.25, 0.3) is 0 Å². The molecule has 0 unspecified atom stereocenters. The summed E-state index contributed by atoms with van der Waals surface area (Å²) in [5.41, 5.74) is -0.858. The number of alkyl halides is 6. The topological polar surface area (TPSA) is 55.4 Å². The van der Waals surface area contributed by atoms with Crippen molar-refractivity contribution in [2.45, 2.75) is 24.0 Å². The van der Waals surface area contributed by atoms with E-state index in [1.807, 2.05) is 0 Å². The van der Waals surface area contributed by atoms with Gasteiger partial charge in [-0.3, -0.25) is 0 Å². The second-order valence-corrected chi connectivity index (χ2v) is 6.81. The third-order valence-electron chi connectivity index (χ3n) is 3.09. The molecule has 0 aliphatic heterocycles. The van der Waals surface area contributed by atoms with Gasteiger partial charge in [-0.1, -0.05) is 18.2 Å². The van der Waals surface area contributed by atoms with E-state index in [1.54, 1.807) is 0 Å². The van der Waals surface area contributed by atoms with E-state index in [9.17, 15) is 34.8 Å². The minimum Gasteiger partial charge on any atom is -0.406 e. The van der Waals surface area contributed by atoms with Crippen LogP contribution in [-0.2, 0) is 22.7 Å². The van der Waals surface area contributed by atoms with Crippen molar-refractivity contribution in [2.24, 2.45) is 0 Å². The van der Waals surface area contributed by atoms with Crippen molar-refractivity contribution in [3.63, 3.8) is 0 Å². The zero-order valence-electron chi connectivity index (χ0n) is 12.7. The van der Waals surface area contributed by atoms with Crippen LogP contribution in [0.3, 0.4) is 0 Å². The lowest BCUT2D eigenvalue weighted by Gasteiger charge is -2.11. The van der Waals surface area contributed by atoms with Gasteiger partial charge in [-0.15, -0.1) is 13.2 Å². The molecule has 0 heterocycles. The first kappa shape index (κ1) is 20.0. The van der Waals surface area contributed by atoms with Crippen molar-refractivity contribution >= 4 is 10.0 Å². The molecule has 0 bridgehead atoms. The molecule has 142 valence electrons. The summed E-state index contributed by atoms with van der Waals surface area (Å²) in [7, 11) is -4.14. The fourth-order valence-electron chi connectivity index (χ4n) is 1.94. The van der Waals surface area contributed by atoms with E-state index in [-0.39, 0.29) is 10.5 Å². The monoisotopic (exact) mass is 399 g/mol. The van der Waals surface area contributed by atoms with Gasteiger partial charge in [-0.05, 0) is 35.9 Å². The largest absolute Gasteiger partial charge is 0.573 e. The van der Waals surface area contributed by atoms with Gasteiger partial charge >= 0.3 is 12.5 Å². The molecule has 0 amide bonds. The summed E-state index contributed by atoms with van der Waals surface area (Å²) in [6.07, 6.45) is -9.48. The van der Waals surface area contributed by atoms with Crippen molar-refractivity contribution in [1.82, 2.24) is 4.72 Å². The molecule has 0 radical (unpaired) electrons. The maximum Gasteiger partial charge on any atom is 0.573 e. The summed E-state index contributed by atoms with van der Waals surface area (Å²) in [6, 6.07) is 7.47. The fraction of sp³-hybridized carbons (Fsp3) is 0.200. The summed E-state index contributed by atoms with van der Waals surface area (Å²) in [6.45, 7) is -0.424. The van der Waals surface area contributed by atoms with Crippen LogP contribution in [0, 0.1) is 0 Å². The molecule has 2 rings (SSSR count). The van der Waals surface area contributed by atoms with Gasteiger partial charge in [-0.25, -0.2) is 13.1 Å². The molecule has 26 heavy (non-hydrogen) atoms. The molecule has 0 aromatic heterocycles. The van der Waals surface area contributed by atoms with Gasteiger partial charge < -0.3 is 4.74 Å². The Morgan fingerprint density at radius 3 is 2.08 bits per heavy atom. The molecule has 0 saturated carbocycles. The molecule has 0 saturated heterocycles. The van der Waals surface area contributed by atoms with Crippen LogP contribution < -0.4 is 9.46 Å². The second-order valence-electron chi connectivity index (χ2n) is 5.04. The normalized spacial score (nSPS) is 12.8. The summed E-state index contributed by atoms with van der Waals surface area (Å²) >= 11 is 0. The summed E-state index contributed by atoms with van der Waals surface area (Å²) in [4.78, 5) is -0.362. The highest BCUT2D eigenvalue weighted by molar-refractivity contribution is 7.89. The predicted molar refractivity (Wildman–Crippen MR) is 78.6 cm³/mol. The van der Waals surface area contributed by atoms with Crippen LogP contribution in [0.25, 0.3) is 0 Å². The highest BCUT2D eigenvalue weighted by atomic mass is 32.2. The molecule has 0 atom stereocenters. The maximum atomic E-state index is 12.6. The van der Waals surface area contributed by atoms with Crippen molar-refractivity contribution in [3.05, 3.63) is 59.7 Å². The Morgan fingerprint density at radius 1 is 0.923 bits per heavy atom. The Labute approximate surface area is 144 Å². The lowest BCUT2D eigenvalue weighted by molar-refractivity contribution is -0.274. The molecule has 0 fully saturated rings. The van der Waals surface area contributed by atoms with Crippen molar-refractivity contribution in [1.29, 1.82) is 0 Å². The van der Waals surface area contributed by atoms with Crippen molar-refractivity contribution < 1.29 is 39.5 Å². The van der Waals surface area contributed by atoms with Crippen LogP contribution in [0.4, 0.5) is 26.3 Å². The Morgan fingerprint density at radius 2 is 1.54 bits per heavy atom. The SMILES string of the molecule is O=S(=O)(NCc1cccc(C(F)(F)F)c1)c1ccc(OC(F)(F)F)cc1. The highest BCUT2D eigenvalue weighted by Crippen LogP contribution is 2.29. The number of halogens is 6. The van der Waals surface area contributed by atoms with E-state index in [2.05, 4.69) is 9.46 Å². The standard InChI is InChI=1S/C15H11F6NO3S/c16-14(17,18)11-3-1-2-10(8-11)9-22-26(23,24)13-6-4-12(5-7-13)25-15(19,20)21/h1-8,22H,9H2. The Kier molecular flexibility index (Phi) is 5.52. The summed E-state index contributed by atoms with van der Waals surface area (Å²) in [5, 5.41) is 0. The molecular weight excluding hydrogens is 388 g/mol. The van der Waals surface area contributed by atoms with Crippen molar-refractivity contribution in [2.75, 3.05) is 0 Å². The molecule has 0 spiro atoms. The average Bonchev–Trinajstić information content (AvgIpc) is 2.51. The van der Waals surface area contributed by atoms with Crippen LogP contribution in [0.2, 0.25) is 0 Å². The van der Waals surface area contributed by atoms with Gasteiger partial charge in [-0.2, -0.15) is 13.2 Å². The first-order valence-corrected chi connectivity index (χ1v) is 8.37. The van der Waals surface area contributed by atoms with Gasteiger partial charge in [0, 0.05) is 6.54 Å². The number of hydrogen-bond donors (Lipinski definition) is 1. The fourth-order valence-corrected chi connectivity index (χ4v) is 2.96. The number of ether oxygens (including phenoxy) is 1. The summed E-state index contributed by atoms with van der Waals surface area (Å²) in [5.74, 6) is -0.602. The minimum absolute atomic E-state index is 0.0698. The first-order chi connectivity index (χ1) is 11.9. The van der Waals surface area contributed by atoms with E-state index in [4.69, 9.17) is 0 Å². The van der Waals surface area contributed by atoms with Crippen LogP contribution in [0.1, 0.15) is 11.1 Å². The molecule has 2 aromatic carbocycles. The van der Waals surface area contributed by atoms with Gasteiger partial charge in [0.2, 0.25) is 10.0 Å². The average molecular weight is 399 g/mol. The lowest BCUT2D eigenvalue weighted by atomic mass is 10.1. The van der Waals surface area contributed by atoms with Gasteiger partial charge in [0.05, 0.1) is 10.5 Å². The van der Waals surface area contributed by atoms with E-state index < -0.39 is 40.4 Å². The van der Waals surface area contributed by atoms with E-state index in [0.717, 1.165) is 42.5 Å². The predicted octanol–water partition coefficient (Wildman–Crippen LogP) is 4.08. The van der Waals surface area contributed by atoms with E-state index in [0.29, 0.717) is 0 Å². The number of sulfonamides is 1. The molecule has 1 N–H and O–H groups in total. The quantitative estimate of drug-likeness (QED) is 0.771. The molecule has 0 aliphatic rings. The van der Waals surface area contributed by atoms with Crippen molar-refractivity contribution in [3.8, 4) is 5.75 Å². The Bertz CT molecular complexity index is 860. The third-order valence-corrected chi connectivity index (χ3v) is 4.51. The minimum atomic E-state index is -4.91. The van der Waals surface area contributed by atoms with Crippen LogP contribution in [0.5, 0.6) is 5.75 Å². The van der Waals surface area contributed by atoms with Gasteiger partial charge in [0.15, 0.2) is 0 Å². The molecular formula is C15H11F6NO3S. The third kappa shape index (κ3) is 5.63. The molecule has 0 aliphatic carbocycles. The van der Waals surface area contributed by atoms with Crippen LogP contribution in [0.15, 0.2) is 53.4 Å². The highest BCUT2D eigenvalue weighted by Gasteiger charge is 2.31. The van der Waals surface area contributed by atoms with Crippen LogP contribution >= 0.6 is 0 Å². The molecule has 4 nitrogen and oxygen atoms in total. The number of rotatable bonds is 5. The van der Waals surface area contributed by atoms with E-state index >= 15 is 0 Å². The summed E-state index contributed by atoms with van der Waals surface area (Å²) < 4.78 is 104. The first-order valence-electron chi connectivity index (χ1n) is 6.88. The smallest absolute Gasteiger partial charge is 0.406 e. The zero-order valence-corrected chi connectivity index (χ0v) is 13.5. The Balaban J connectivity index is 2.09. The maximum absolute atomic E-state index is 12.6. The zero-order chi connectivity index (χ0) is 19.6. The van der Waals surface area contributed by atoms with Gasteiger partial charge in [0.1, 0.15) is 5.75 Å².